The molecule has 0 spiro atoms. The quantitative estimate of drug-likeness (QED) is 0.817. The lowest BCUT2D eigenvalue weighted by atomic mass is 10.1. The van der Waals surface area contributed by atoms with Crippen LogP contribution < -0.4 is 0 Å². The molecule has 1 amide bonds. The van der Waals surface area contributed by atoms with Crippen LogP contribution in [-0.4, -0.2) is 24.4 Å². The molecule has 110 valence electrons. The van der Waals surface area contributed by atoms with Crippen LogP contribution in [0.2, 0.25) is 0 Å². The fourth-order valence-electron chi connectivity index (χ4n) is 2.28. The lowest BCUT2D eigenvalue weighted by Gasteiger charge is -2.18. The van der Waals surface area contributed by atoms with Crippen LogP contribution >= 0.6 is 0 Å². The fourth-order valence-corrected chi connectivity index (χ4v) is 2.28. The van der Waals surface area contributed by atoms with Crippen LogP contribution in [0.15, 0.2) is 48.5 Å². The summed E-state index contributed by atoms with van der Waals surface area (Å²) in [6.45, 7) is 2.28. The van der Waals surface area contributed by atoms with Crippen LogP contribution in [0.4, 0.5) is 4.39 Å². The first-order chi connectivity index (χ1) is 10.1. The van der Waals surface area contributed by atoms with E-state index < -0.39 is 5.82 Å². The van der Waals surface area contributed by atoms with Gasteiger partial charge in [0.05, 0.1) is 5.56 Å². The van der Waals surface area contributed by atoms with Crippen LogP contribution in [-0.2, 0) is 6.42 Å². The molecule has 0 aliphatic heterocycles. The Balaban J connectivity index is 1.92. The van der Waals surface area contributed by atoms with Crippen molar-refractivity contribution >= 4 is 5.91 Å². The SMILES string of the molecule is Cc1cccc(C(=O)N(C)CCCc2ccccc2)c1F. The summed E-state index contributed by atoms with van der Waals surface area (Å²) in [5, 5.41) is 0. The second-order valence-corrected chi connectivity index (χ2v) is 5.25. The molecule has 2 rings (SSSR count). The van der Waals surface area contributed by atoms with Gasteiger partial charge in [-0.25, -0.2) is 4.39 Å². The highest BCUT2D eigenvalue weighted by atomic mass is 19.1. The molecule has 0 N–H and O–H groups in total. The topological polar surface area (TPSA) is 20.3 Å². The predicted molar refractivity (Wildman–Crippen MR) is 82.9 cm³/mol. The van der Waals surface area contributed by atoms with Gasteiger partial charge in [0.1, 0.15) is 5.82 Å². The van der Waals surface area contributed by atoms with Crippen molar-refractivity contribution in [1.82, 2.24) is 4.90 Å². The zero-order valence-electron chi connectivity index (χ0n) is 12.5. The van der Waals surface area contributed by atoms with Crippen molar-refractivity contribution in [3.8, 4) is 0 Å². The number of carbonyl (C=O) groups is 1. The van der Waals surface area contributed by atoms with E-state index in [1.165, 1.54) is 5.56 Å². The number of halogens is 1. The van der Waals surface area contributed by atoms with Gasteiger partial charge in [0.2, 0.25) is 0 Å². The third-order valence-electron chi connectivity index (χ3n) is 3.57. The number of amides is 1. The summed E-state index contributed by atoms with van der Waals surface area (Å²) in [4.78, 5) is 13.8. The summed E-state index contributed by atoms with van der Waals surface area (Å²) >= 11 is 0. The van der Waals surface area contributed by atoms with Crippen LogP contribution in [0.25, 0.3) is 0 Å². The van der Waals surface area contributed by atoms with Gasteiger partial charge in [-0.2, -0.15) is 0 Å². The minimum absolute atomic E-state index is 0.150. The minimum Gasteiger partial charge on any atom is -0.342 e. The second-order valence-electron chi connectivity index (χ2n) is 5.25. The Kier molecular flexibility index (Phi) is 5.09. The third kappa shape index (κ3) is 3.91. The van der Waals surface area contributed by atoms with Gasteiger partial charge in [0.15, 0.2) is 0 Å². The van der Waals surface area contributed by atoms with Crippen LogP contribution in [0.3, 0.4) is 0 Å². The number of benzene rings is 2. The molecule has 0 saturated carbocycles. The lowest BCUT2D eigenvalue weighted by molar-refractivity contribution is 0.0788. The molecule has 0 atom stereocenters. The van der Waals surface area contributed by atoms with Crippen molar-refractivity contribution in [3.05, 3.63) is 71.0 Å². The maximum Gasteiger partial charge on any atom is 0.256 e. The van der Waals surface area contributed by atoms with E-state index in [0.717, 1.165) is 12.8 Å². The van der Waals surface area contributed by atoms with Crippen molar-refractivity contribution in [1.29, 1.82) is 0 Å². The van der Waals surface area contributed by atoms with Gasteiger partial charge in [-0.1, -0.05) is 42.5 Å². The van der Waals surface area contributed by atoms with Crippen LogP contribution in [0.1, 0.15) is 27.9 Å². The molecule has 0 bridgehead atoms. The zero-order chi connectivity index (χ0) is 15.2. The normalized spacial score (nSPS) is 10.4. The molecule has 0 heterocycles. The van der Waals surface area contributed by atoms with Gasteiger partial charge in [-0.15, -0.1) is 0 Å². The smallest absolute Gasteiger partial charge is 0.256 e. The predicted octanol–water partition coefficient (Wildman–Crippen LogP) is 3.84. The molecule has 0 aliphatic rings. The van der Waals surface area contributed by atoms with Gasteiger partial charge in [0.25, 0.3) is 5.91 Å². The molecular formula is C18H20FNO. The Morgan fingerprint density at radius 1 is 1.10 bits per heavy atom. The minimum atomic E-state index is -0.419. The maximum atomic E-state index is 14.0. The number of hydrogen-bond acceptors (Lipinski definition) is 1. The number of carbonyl (C=O) groups excluding carboxylic acids is 1. The van der Waals surface area contributed by atoms with Gasteiger partial charge in [-0.05, 0) is 37.0 Å². The van der Waals surface area contributed by atoms with Gasteiger partial charge < -0.3 is 4.90 Å². The van der Waals surface area contributed by atoms with Gasteiger partial charge in [0, 0.05) is 13.6 Å². The van der Waals surface area contributed by atoms with E-state index in [1.807, 2.05) is 18.2 Å². The Hall–Kier alpha value is -2.16. The highest BCUT2D eigenvalue weighted by Gasteiger charge is 2.16. The van der Waals surface area contributed by atoms with E-state index in [4.69, 9.17) is 0 Å². The van der Waals surface area contributed by atoms with Gasteiger partial charge >= 0.3 is 0 Å². The van der Waals surface area contributed by atoms with E-state index in [-0.39, 0.29) is 11.5 Å². The van der Waals surface area contributed by atoms with Crippen LogP contribution in [0, 0.1) is 12.7 Å². The Morgan fingerprint density at radius 2 is 1.81 bits per heavy atom. The molecular weight excluding hydrogens is 265 g/mol. The van der Waals surface area contributed by atoms with Crippen molar-refractivity contribution in [2.75, 3.05) is 13.6 Å². The van der Waals surface area contributed by atoms with E-state index >= 15 is 0 Å². The maximum absolute atomic E-state index is 14.0. The van der Waals surface area contributed by atoms with Crippen LogP contribution in [0.5, 0.6) is 0 Å². The molecule has 2 aromatic rings. The summed E-state index contributed by atoms with van der Waals surface area (Å²) in [7, 11) is 1.72. The molecule has 0 radical (unpaired) electrons. The average Bonchev–Trinajstić information content (AvgIpc) is 2.50. The molecule has 21 heavy (non-hydrogen) atoms. The first-order valence-electron chi connectivity index (χ1n) is 7.14. The Labute approximate surface area is 125 Å². The zero-order valence-corrected chi connectivity index (χ0v) is 12.5. The second kappa shape index (κ2) is 7.02. The largest absolute Gasteiger partial charge is 0.342 e. The fraction of sp³-hybridized carbons (Fsp3) is 0.278. The number of nitrogens with zero attached hydrogens (tertiary/aromatic N) is 1. The van der Waals surface area contributed by atoms with Crippen molar-refractivity contribution in [2.24, 2.45) is 0 Å². The Morgan fingerprint density at radius 3 is 2.52 bits per heavy atom. The monoisotopic (exact) mass is 285 g/mol. The van der Waals surface area contributed by atoms with Crippen molar-refractivity contribution in [3.63, 3.8) is 0 Å². The number of aryl methyl sites for hydroxylation is 2. The molecule has 0 saturated heterocycles. The molecule has 0 aromatic heterocycles. The Bertz CT molecular complexity index is 610. The first-order valence-corrected chi connectivity index (χ1v) is 7.14. The van der Waals surface area contributed by atoms with Crippen molar-refractivity contribution in [2.45, 2.75) is 19.8 Å². The molecule has 0 aliphatic carbocycles. The summed E-state index contributed by atoms with van der Waals surface area (Å²) < 4.78 is 14.0. The third-order valence-corrected chi connectivity index (χ3v) is 3.57. The van der Waals surface area contributed by atoms with E-state index in [2.05, 4.69) is 12.1 Å². The molecule has 3 heteroatoms. The standard InChI is InChI=1S/C18H20FNO/c1-14-8-6-12-16(17(14)19)18(21)20(2)13-7-11-15-9-4-3-5-10-15/h3-6,8-10,12H,7,11,13H2,1-2H3. The summed E-state index contributed by atoms with van der Waals surface area (Å²) in [5.74, 6) is -0.679. The molecule has 0 unspecified atom stereocenters. The highest BCUT2D eigenvalue weighted by Crippen LogP contribution is 2.14. The van der Waals surface area contributed by atoms with E-state index in [1.54, 1.807) is 37.1 Å². The summed E-state index contributed by atoms with van der Waals surface area (Å²) in [6, 6.07) is 15.1. The number of rotatable bonds is 5. The molecule has 2 nitrogen and oxygen atoms in total. The highest BCUT2D eigenvalue weighted by molar-refractivity contribution is 5.94. The number of hydrogen-bond donors (Lipinski definition) is 0. The van der Waals surface area contributed by atoms with Crippen molar-refractivity contribution < 1.29 is 9.18 Å². The summed E-state index contributed by atoms with van der Waals surface area (Å²) in [5.41, 5.74) is 1.90. The average molecular weight is 285 g/mol. The van der Waals surface area contributed by atoms with E-state index in [0.29, 0.717) is 12.1 Å². The molecule has 2 aromatic carbocycles. The van der Waals surface area contributed by atoms with Gasteiger partial charge in [-0.3, -0.25) is 4.79 Å². The van der Waals surface area contributed by atoms with E-state index in [9.17, 15) is 9.18 Å². The summed E-state index contributed by atoms with van der Waals surface area (Å²) in [6.07, 6.45) is 1.77. The first kappa shape index (κ1) is 15.2. The lowest BCUT2D eigenvalue weighted by Crippen LogP contribution is -2.29. The molecule has 0 fully saturated rings.